The SMILES string of the molecule is Cc1nnc(N2CCC(N(C)C(=O)c3ccn(C)n3)CC2)s1. The summed E-state index contributed by atoms with van der Waals surface area (Å²) in [7, 11) is 3.69. The zero-order valence-electron chi connectivity index (χ0n) is 13.1. The second-order valence-corrected chi connectivity index (χ2v) is 6.77. The van der Waals surface area contributed by atoms with Gasteiger partial charge in [-0.3, -0.25) is 9.48 Å². The summed E-state index contributed by atoms with van der Waals surface area (Å²) in [5.74, 6) is -0.00851. The van der Waals surface area contributed by atoms with Gasteiger partial charge in [-0.2, -0.15) is 5.10 Å². The van der Waals surface area contributed by atoms with Crippen molar-refractivity contribution in [3.8, 4) is 0 Å². The Morgan fingerprint density at radius 2 is 2.09 bits per heavy atom. The molecule has 3 rings (SSSR count). The molecule has 0 saturated carbocycles. The molecule has 2 aromatic rings. The number of hydrogen-bond acceptors (Lipinski definition) is 6. The molecule has 1 amide bonds. The first-order chi connectivity index (χ1) is 10.5. The third kappa shape index (κ3) is 2.96. The minimum absolute atomic E-state index is 0.00851. The van der Waals surface area contributed by atoms with E-state index in [0.29, 0.717) is 5.69 Å². The van der Waals surface area contributed by atoms with Gasteiger partial charge in [0.15, 0.2) is 0 Å². The molecular formula is C14H20N6OS. The molecule has 22 heavy (non-hydrogen) atoms. The van der Waals surface area contributed by atoms with Gasteiger partial charge in [-0.15, -0.1) is 10.2 Å². The molecule has 118 valence electrons. The van der Waals surface area contributed by atoms with E-state index < -0.39 is 0 Å². The van der Waals surface area contributed by atoms with Crippen LogP contribution in [-0.2, 0) is 7.05 Å². The van der Waals surface area contributed by atoms with Crippen molar-refractivity contribution in [2.45, 2.75) is 25.8 Å². The summed E-state index contributed by atoms with van der Waals surface area (Å²) in [4.78, 5) is 16.5. The van der Waals surface area contributed by atoms with Gasteiger partial charge in [-0.1, -0.05) is 11.3 Å². The second-order valence-electron chi connectivity index (χ2n) is 5.61. The summed E-state index contributed by atoms with van der Waals surface area (Å²) >= 11 is 1.62. The van der Waals surface area contributed by atoms with Crippen molar-refractivity contribution in [1.82, 2.24) is 24.9 Å². The largest absolute Gasteiger partial charge is 0.347 e. The molecule has 1 aliphatic rings. The summed E-state index contributed by atoms with van der Waals surface area (Å²) in [5, 5.41) is 14.4. The Labute approximate surface area is 133 Å². The highest BCUT2D eigenvalue weighted by Gasteiger charge is 2.28. The molecule has 1 saturated heterocycles. The van der Waals surface area contributed by atoms with Crippen LogP contribution in [0.5, 0.6) is 0 Å². The fourth-order valence-electron chi connectivity index (χ4n) is 2.73. The maximum absolute atomic E-state index is 12.4. The lowest BCUT2D eigenvalue weighted by atomic mass is 10.0. The van der Waals surface area contributed by atoms with Crippen molar-refractivity contribution < 1.29 is 4.79 Å². The van der Waals surface area contributed by atoms with E-state index in [0.717, 1.165) is 36.1 Å². The highest BCUT2D eigenvalue weighted by Crippen LogP contribution is 2.25. The monoisotopic (exact) mass is 320 g/mol. The Balaban J connectivity index is 1.60. The first-order valence-electron chi connectivity index (χ1n) is 7.36. The third-order valence-corrected chi connectivity index (χ3v) is 4.95. The van der Waals surface area contributed by atoms with Crippen LogP contribution in [0.2, 0.25) is 0 Å². The number of carbonyl (C=O) groups excluding carboxylic acids is 1. The quantitative estimate of drug-likeness (QED) is 0.853. The highest BCUT2D eigenvalue weighted by molar-refractivity contribution is 7.15. The van der Waals surface area contributed by atoms with Crippen molar-refractivity contribution in [2.24, 2.45) is 7.05 Å². The molecule has 0 aliphatic carbocycles. The van der Waals surface area contributed by atoms with Crippen LogP contribution < -0.4 is 4.90 Å². The van der Waals surface area contributed by atoms with Crippen LogP contribution in [0.1, 0.15) is 28.3 Å². The smallest absolute Gasteiger partial charge is 0.274 e. The van der Waals surface area contributed by atoms with E-state index in [1.165, 1.54) is 0 Å². The number of anilines is 1. The number of amides is 1. The Bertz CT molecular complexity index is 658. The van der Waals surface area contributed by atoms with Crippen LogP contribution >= 0.6 is 11.3 Å². The van der Waals surface area contributed by atoms with Crippen LogP contribution in [0, 0.1) is 6.92 Å². The lowest BCUT2D eigenvalue weighted by Crippen LogP contribution is -2.45. The molecule has 0 bridgehead atoms. The second kappa shape index (κ2) is 6.04. The Hall–Kier alpha value is -1.96. The molecule has 0 atom stereocenters. The van der Waals surface area contributed by atoms with Gasteiger partial charge in [-0.05, 0) is 25.8 Å². The summed E-state index contributed by atoms with van der Waals surface area (Å²) in [6, 6.07) is 2.01. The fourth-order valence-corrected chi connectivity index (χ4v) is 3.47. The number of piperidine rings is 1. The number of hydrogen-bond donors (Lipinski definition) is 0. The van der Waals surface area contributed by atoms with E-state index in [4.69, 9.17) is 0 Å². The number of carbonyl (C=O) groups is 1. The highest BCUT2D eigenvalue weighted by atomic mass is 32.1. The molecule has 0 radical (unpaired) electrons. The van der Waals surface area contributed by atoms with Crippen LogP contribution in [0.3, 0.4) is 0 Å². The summed E-state index contributed by atoms with van der Waals surface area (Å²) in [6.45, 7) is 3.77. The van der Waals surface area contributed by atoms with Crippen molar-refractivity contribution in [2.75, 3.05) is 25.0 Å². The third-order valence-electron chi connectivity index (χ3n) is 4.05. The molecule has 0 spiro atoms. The summed E-state index contributed by atoms with van der Waals surface area (Å²) in [6.07, 6.45) is 3.67. The lowest BCUT2D eigenvalue weighted by molar-refractivity contribution is 0.0702. The Morgan fingerprint density at radius 3 is 2.64 bits per heavy atom. The van der Waals surface area contributed by atoms with E-state index in [2.05, 4.69) is 20.2 Å². The minimum Gasteiger partial charge on any atom is -0.347 e. The molecule has 1 fully saturated rings. The number of aryl methyl sites for hydroxylation is 2. The topological polar surface area (TPSA) is 67.2 Å². The van der Waals surface area contributed by atoms with E-state index >= 15 is 0 Å². The Kier molecular flexibility index (Phi) is 4.10. The molecule has 7 nitrogen and oxygen atoms in total. The van der Waals surface area contributed by atoms with Gasteiger partial charge in [0.2, 0.25) is 5.13 Å². The molecule has 0 aromatic carbocycles. The predicted molar refractivity (Wildman–Crippen MR) is 85.2 cm³/mol. The fraction of sp³-hybridized carbons (Fsp3) is 0.571. The molecular weight excluding hydrogens is 300 g/mol. The molecule has 8 heteroatoms. The van der Waals surface area contributed by atoms with Gasteiger partial charge in [0.05, 0.1) is 0 Å². The average molecular weight is 320 g/mol. The molecule has 2 aromatic heterocycles. The van der Waals surface area contributed by atoms with Crippen molar-refractivity contribution in [3.05, 3.63) is 23.0 Å². The standard InChI is InChI=1S/C14H20N6OS/c1-10-15-16-14(22-10)20-8-4-11(5-9-20)19(3)13(21)12-6-7-18(2)17-12/h6-7,11H,4-5,8-9H2,1-3H3. The minimum atomic E-state index is -0.00851. The van der Waals surface area contributed by atoms with E-state index in [1.807, 2.05) is 25.9 Å². The van der Waals surface area contributed by atoms with Crippen molar-refractivity contribution in [1.29, 1.82) is 0 Å². The predicted octanol–water partition coefficient (Wildman–Crippen LogP) is 1.32. The van der Waals surface area contributed by atoms with Gasteiger partial charge < -0.3 is 9.80 Å². The lowest BCUT2D eigenvalue weighted by Gasteiger charge is -2.36. The molecule has 3 heterocycles. The van der Waals surface area contributed by atoms with Crippen molar-refractivity contribution >= 4 is 22.4 Å². The number of aromatic nitrogens is 4. The normalized spacial score (nSPS) is 16.0. The van der Waals surface area contributed by atoms with Gasteiger partial charge in [0.25, 0.3) is 5.91 Å². The summed E-state index contributed by atoms with van der Waals surface area (Å²) < 4.78 is 1.65. The number of nitrogens with zero attached hydrogens (tertiary/aromatic N) is 6. The van der Waals surface area contributed by atoms with Crippen molar-refractivity contribution in [3.63, 3.8) is 0 Å². The first kappa shape index (κ1) is 15.0. The first-order valence-corrected chi connectivity index (χ1v) is 8.18. The number of rotatable bonds is 3. The zero-order valence-corrected chi connectivity index (χ0v) is 13.9. The maximum atomic E-state index is 12.4. The van der Waals surface area contributed by atoms with Gasteiger partial charge >= 0.3 is 0 Å². The zero-order chi connectivity index (χ0) is 15.7. The van der Waals surface area contributed by atoms with Gasteiger partial charge in [0.1, 0.15) is 10.7 Å². The average Bonchev–Trinajstić information content (AvgIpc) is 3.14. The van der Waals surface area contributed by atoms with Crippen LogP contribution in [0.25, 0.3) is 0 Å². The van der Waals surface area contributed by atoms with Crippen LogP contribution in [0.4, 0.5) is 5.13 Å². The van der Waals surface area contributed by atoms with E-state index in [-0.39, 0.29) is 11.9 Å². The van der Waals surface area contributed by atoms with E-state index in [1.54, 1.807) is 28.3 Å². The van der Waals surface area contributed by atoms with Gasteiger partial charge in [-0.25, -0.2) is 0 Å². The summed E-state index contributed by atoms with van der Waals surface area (Å²) in [5.41, 5.74) is 0.507. The van der Waals surface area contributed by atoms with Gasteiger partial charge in [0, 0.05) is 39.4 Å². The maximum Gasteiger partial charge on any atom is 0.274 e. The van der Waals surface area contributed by atoms with E-state index in [9.17, 15) is 4.79 Å². The molecule has 0 N–H and O–H groups in total. The molecule has 0 unspecified atom stereocenters. The van der Waals surface area contributed by atoms with Crippen LogP contribution in [0.15, 0.2) is 12.3 Å². The molecule has 1 aliphatic heterocycles. The van der Waals surface area contributed by atoms with Crippen LogP contribution in [-0.4, -0.2) is 57.0 Å². The Morgan fingerprint density at radius 1 is 1.36 bits per heavy atom.